The van der Waals surface area contributed by atoms with Gasteiger partial charge in [0.1, 0.15) is 4.83 Å². The third-order valence-electron chi connectivity index (χ3n) is 2.06. The molecular weight excluding hydrogens is 244 g/mol. The van der Waals surface area contributed by atoms with Crippen LogP contribution in [0.25, 0.3) is 0 Å². The number of hydrogen-bond acceptors (Lipinski definition) is 2. The van der Waals surface area contributed by atoms with Gasteiger partial charge in [-0.3, -0.25) is 9.79 Å². The smallest absolute Gasteiger partial charge is 0.243 e. The molecule has 14 heavy (non-hydrogen) atoms. The molecule has 0 fully saturated rings. The summed E-state index contributed by atoms with van der Waals surface area (Å²) in [6.07, 6.45) is 0. The van der Waals surface area contributed by atoms with Gasteiger partial charge in [0.15, 0.2) is 0 Å². The SMILES string of the molecule is CC1=Nc2ccccc2NC(=O)C1Br. The molecular formula is C10H9BrN2O. The second kappa shape index (κ2) is 3.53. The van der Waals surface area contributed by atoms with Crippen LogP contribution in [-0.4, -0.2) is 16.4 Å². The number of anilines is 1. The maximum absolute atomic E-state index is 11.5. The molecule has 2 rings (SSSR count). The van der Waals surface area contributed by atoms with Crippen molar-refractivity contribution in [1.82, 2.24) is 0 Å². The number of alkyl halides is 1. The molecule has 1 unspecified atom stereocenters. The lowest BCUT2D eigenvalue weighted by molar-refractivity contribution is -0.114. The number of amides is 1. The van der Waals surface area contributed by atoms with Crippen LogP contribution in [0.4, 0.5) is 11.4 Å². The first-order valence-corrected chi connectivity index (χ1v) is 5.19. The van der Waals surface area contributed by atoms with E-state index in [1.807, 2.05) is 31.2 Å². The summed E-state index contributed by atoms with van der Waals surface area (Å²) in [5.41, 5.74) is 2.34. The van der Waals surface area contributed by atoms with Crippen molar-refractivity contribution in [2.45, 2.75) is 11.8 Å². The van der Waals surface area contributed by atoms with Crippen molar-refractivity contribution in [3.63, 3.8) is 0 Å². The van der Waals surface area contributed by atoms with E-state index in [9.17, 15) is 4.79 Å². The molecule has 1 aliphatic rings. The summed E-state index contributed by atoms with van der Waals surface area (Å²) in [5.74, 6) is -0.0730. The lowest BCUT2D eigenvalue weighted by Gasteiger charge is -2.05. The molecule has 0 saturated heterocycles. The van der Waals surface area contributed by atoms with Gasteiger partial charge in [-0.2, -0.15) is 0 Å². The van der Waals surface area contributed by atoms with E-state index >= 15 is 0 Å². The Balaban J connectivity index is 2.53. The predicted octanol–water partition coefficient (Wildman–Crippen LogP) is 2.49. The summed E-state index contributed by atoms with van der Waals surface area (Å²) in [6, 6.07) is 7.49. The molecule has 1 atom stereocenters. The van der Waals surface area contributed by atoms with E-state index in [1.165, 1.54) is 0 Å². The summed E-state index contributed by atoms with van der Waals surface area (Å²) in [6.45, 7) is 1.83. The lowest BCUT2D eigenvalue weighted by Crippen LogP contribution is -2.26. The molecule has 1 heterocycles. The van der Waals surface area contributed by atoms with Crippen LogP contribution in [0.5, 0.6) is 0 Å². The summed E-state index contributed by atoms with van der Waals surface area (Å²) in [4.78, 5) is 15.6. The average Bonchev–Trinajstić information content (AvgIpc) is 2.28. The van der Waals surface area contributed by atoms with Gasteiger partial charge in [-0.15, -0.1) is 0 Å². The topological polar surface area (TPSA) is 41.5 Å². The minimum absolute atomic E-state index is 0.0730. The molecule has 1 N–H and O–H groups in total. The molecule has 0 radical (unpaired) electrons. The third kappa shape index (κ3) is 1.57. The summed E-state index contributed by atoms with van der Waals surface area (Å²) in [5, 5.41) is 2.80. The molecule has 72 valence electrons. The van der Waals surface area contributed by atoms with Crippen molar-refractivity contribution in [2.75, 3.05) is 5.32 Å². The van der Waals surface area contributed by atoms with Crippen molar-refractivity contribution < 1.29 is 4.79 Å². The first-order valence-electron chi connectivity index (χ1n) is 4.27. The average molecular weight is 253 g/mol. The summed E-state index contributed by atoms with van der Waals surface area (Å²) < 4.78 is 0. The third-order valence-corrected chi connectivity index (χ3v) is 3.13. The van der Waals surface area contributed by atoms with Crippen LogP contribution >= 0.6 is 15.9 Å². The Morgan fingerprint density at radius 1 is 1.43 bits per heavy atom. The lowest BCUT2D eigenvalue weighted by atomic mass is 10.3. The normalized spacial score (nSPS) is 20.6. The number of halogens is 1. The van der Waals surface area contributed by atoms with Gasteiger partial charge in [0.25, 0.3) is 0 Å². The number of benzene rings is 1. The Morgan fingerprint density at radius 2 is 2.14 bits per heavy atom. The van der Waals surface area contributed by atoms with Crippen molar-refractivity contribution >= 4 is 38.9 Å². The second-order valence-electron chi connectivity index (χ2n) is 3.12. The number of carbonyl (C=O) groups excluding carboxylic acids is 1. The highest BCUT2D eigenvalue weighted by molar-refractivity contribution is 9.10. The van der Waals surface area contributed by atoms with Gasteiger partial charge in [0.2, 0.25) is 5.91 Å². The van der Waals surface area contributed by atoms with Gasteiger partial charge in [0, 0.05) is 5.71 Å². The van der Waals surface area contributed by atoms with Crippen LogP contribution in [0, 0.1) is 0 Å². The Labute approximate surface area is 90.4 Å². The first-order chi connectivity index (χ1) is 6.68. The molecule has 1 aromatic rings. The Morgan fingerprint density at radius 3 is 2.93 bits per heavy atom. The largest absolute Gasteiger partial charge is 0.323 e. The van der Waals surface area contributed by atoms with Gasteiger partial charge in [-0.1, -0.05) is 28.1 Å². The van der Waals surface area contributed by atoms with Gasteiger partial charge >= 0.3 is 0 Å². The van der Waals surface area contributed by atoms with Crippen LogP contribution < -0.4 is 5.32 Å². The molecule has 1 amide bonds. The maximum atomic E-state index is 11.5. The van der Waals surface area contributed by atoms with Crippen molar-refractivity contribution in [2.24, 2.45) is 4.99 Å². The van der Waals surface area contributed by atoms with E-state index in [0.717, 1.165) is 17.1 Å². The summed E-state index contributed by atoms with van der Waals surface area (Å²) in [7, 11) is 0. The minimum atomic E-state index is -0.338. The van der Waals surface area contributed by atoms with Crippen molar-refractivity contribution in [3.05, 3.63) is 24.3 Å². The maximum Gasteiger partial charge on any atom is 0.243 e. The highest BCUT2D eigenvalue weighted by Gasteiger charge is 2.22. The molecule has 0 aliphatic carbocycles. The van der Waals surface area contributed by atoms with E-state index in [2.05, 4.69) is 26.2 Å². The molecule has 0 spiro atoms. The van der Waals surface area contributed by atoms with E-state index in [-0.39, 0.29) is 10.7 Å². The number of carbonyl (C=O) groups is 1. The monoisotopic (exact) mass is 252 g/mol. The summed E-state index contributed by atoms with van der Waals surface area (Å²) >= 11 is 3.29. The zero-order chi connectivity index (χ0) is 10.1. The second-order valence-corrected chi connectivity index (χ2v) is 4.04. The molecule has 0 aromatic heterocycles. The quantitative estimate of drug-likeness (QED) is 0.709. The van der Waals surface area contributed by atoms with Crippen LogP contribution in [0.2, 0.25) is 0 Å². The van der Waals surface area contributed by atoms with E-state index < -0.39 is 0 Å². The van der Waals surface area contributed by atoms with Crippen molar-refractivity contribution in [3.8, 4) is 0 Å². The molecule has 1 aliphatic heterocycles. The molecule has 1 aromatic carbocycles. The minimum Gasteiger partial charge on any atom is -0.323 e. The molecule has 3 nitrogen and oxygen atoms in total. The molecule has 4 heteroatoms. The first kappa shape index (κ1) is 9.40. The van der Waals surface area contributed by atoms with Crippen LogP contribution in [0.3, 0.4) is 0 Å². The van der Waals surface area contributed by atoms with E-state index in [1.54, 1.807) is 0 Å². The number of hydrogen-bond donors (Lipinski definition) is 1. The molecule has 0 bridgehead atoms. The Bertz CT molecular complexity index is 414. The highest BCUT2D eigenvalue weighted by Crippen LogP contribution is 2.28. The highest BCUT2D eigenvalue weighted by atomic mass is 79.9. The van der Waals surface area contributed by atoms with Gasteiger partial charge in [0.05, 0.1) is 11.4 Å². The zero-order valence-corrected chi connectivity index (χ0v) is 9.21. The predicted molar refractivity (Wildman–Crippen MR) is 60.6 cm³/mol. The zero-order valence-electron chi connectivity index (χ0n) is 7.62. The number of para-hydroxylation sites is 2. The Kier molecular flexibility index (Phi) is 2.37. The number of rotatable bonds is 0. The fraction of sp³-hybridized carbons (Fsp3) is 0.200. The Hall–Kier alpha value is -1.16. The fourth-order valence-corrected chi connectivity index (χ4v) is 1.53. The van der Waals surface area contributed by atoms with Crippen LogP contribution in [-0.2, 0) is 4.79 Å². The van der Waals surface area contributed by atoms with Crippen LogP contribution in [0.1, 0.15) is 6.92 Å². The molecule has 0 saturated carbocycles. The standard InChI is InChI=1S/C10H9BrN2O/c1-6-9(11)10(14)13-8-5-3-2-4-7(8)12-6/h2-5,9H,1H3,(H,13,14). The van der Waals surface area contributed by atoms with Gasteiger partial charge in [-0.05, 0) is 19.1 Å². The number of aliphatic imine (C=N–C) groups is 1. The van der Waals surface area contributed by atoms with E-state index in [0.29, 0.717) is 0 Å². The van der Waals surface area contributed by atoms with Gasteiger partial charge < -0.3 is 5.32 Å². The van der Waals surface area contributed by atoms with Crippen LogP contribution in [0.15, 0.2) is 29.3 Å². The number of nitrogens with one attached hydrogen (secondary N) is 1. The number of nitrogens with zero attached hydrogens (tertiary/aromatic N) is 1. The van der Waals surface area contributed by atoms with E-state index in [4.69, 9.17) is 0 Å². The van der Waals surface area contributed by atoms with Gasteiger partial charge in [-0.25, -0.2) is 0 Å². The fourth-order valence-electron chi connectivity index (χ4n) is 1.31. The number of fused-ring (bicyclic) bond motifs is 1. The van der Waals surface area contributed by atoms with Crippen molar-refractivity contribution in [1.29, 1.82) is 0 Å².